The van der Waals surface area contributed by atoms with Crippen LogP contribution in [-0.4, -0.2) is 39.2 Å². The summed E-state index contributed by atoms with van der Waals surface area (Å²) in [6, 6.07) is 0. The van der Waals surface area contributed by atoms with Crippen LogP contribution in [0.2, 0.25) is 0 Å². The van der Waals surface area contributed by atoms with E-state index < -0.39 is 16.9 Å². The molecule has 2 heterocycles. The van der Waals surface area contributed by atoms with Gasteiger partial charge < -0.3 is 9.87 Å². The van der Waals surface area contributed by atoms with Crippen molar-refractivity contribution in [3.05, 3.63) is 12.0 Å². The van der Waals surface area contributed by atoms with Crippen LogP contribution >= 0.6 is 0 Å². The van der Waals surface area contributed by atoms with Crippen LogP contribution in [0.4, 0.5) is 0 Å². The van der Waals surface area contributed by atoms with E-state index in [1.807, 2.05) is 4.31 Å². The number of aliphatic imine (C=N–C) groups is 1. The van der Waals surface area contributed by atoms with Crippen LogP contribution in [0.15, 0.2) is 17.0 Å². The monoisotopic (exact) mass is 337 g/mol. The Kier molecular flexibility index (Phi) is 5.13. The number of amidine groups is 1. The summed E-state index contributed by atoms with van der Waals surface area (Å²) in [6.45, 7) is 7.10. The van der Waals surface area contributed by atoms with Crippen LogP contribution in [0, 0.1) is 11.8 Å². The summed E-state index contributed by atoms with van der Waals surface area (Å²) in [7, 11) is 0. The Bertz CT molecular complexity index is 492. The van der Waals surface area contributed by atoms with Gasteiger partial charge in [0.2, 0.25) is 0 Å². The van der Waals surface area contributed by atoms with Crippen molar-refractivity contribution < 1.29 is 9.35 Å². The molecule has 1 spiro atoms. The average Bonchev–Trinajstić information content (AvgIpc) is 2.91. The second kappa shape index (κ2) is 6.95. The molecule has 1 amide bonds. The molecule has 0 aromatic carbocycles. The van der Waals surface area contributed by atoms with Crippen molar-refractivity contribution in [2.24, 2.45) is 16.8 Å². The second-order valence-electron chi connectivity index (χ2n) is 6.98. The molecule has 1 unspecified atom stereocenters. The van der Waals surface area contributed by atoms with E-state index in [0.717, 1.165) is 24.6 Å². The normalized spacial score (nSPS) is 32.4. The predicted molar refractivity (Wildman–Crippen MR) is 93.2 cm³/mol. The van der Waals surface area contributed by atoms with Crippen molar-refractivity contribution in [1.29, 1.82) is 0 Å². The van der Waals surface area contributed by atoms with E-state index in [0.29, 0.717) is 31.8 Å². The summed E-state index contributed by atoms with van der Waals surface area (Å²) in [5, 5.41) is 4.52. The molecule has 1 saturated carbocycles. The van der Waals surface area contributed by atoms with Crippen LogP contribution in [0.3, 0.4) is 0 Å². The van der Waals surface area contributed by atoms with E-state index in [1.54, 1.807) is 0 Å². The minimum absolute atomic E-state index is 0.0501. The van der Waals surface area contributed by atoms with E-state index in [-0.39, 0.29) is 5.91 Å². The van der Waals surface area contributed by atoms with E-state index >= 15 is 0 Å². The highest BCUT2D eigenvalue weighted by Gasteiger charge is 2.48. The number of hydrogen-bond acceptors (Lipinski definition) is 4. The summed E-state index contributed by atoms with van der Waals surface area (Å²) in [6.07, 6.45) is 7.31. The lowest BCUT2D eigenvalue weighted by molar-refractivity contribution is -0.124. The summed E-state index contributed by atoms with van der Waals surface area (Å²) in [5.41, 5.74) is -0.612. The highest BCUT2D eigenvalue weighted by molar-refractivity contribution is 7.92. The van der Waals surface area contributed by atoms with E-state index in [2.05, 4.69) is 18.8 Å². The van der Waals surface area contributed by atoms with Gasteiger partial charge >= 0.3 is 0 Å². The largest absolute Gasteiger partial charge is 0.593 e. The molecule has 0 radical (unpaired) electrons. The van der Waals surface area contributed by atoms with Crippen molar-refractivity contribution in [2.75, 3.05) is 13.1 Å². The van der Waals surface area contributed by atoms with Gasteiger partial charge in [0.25, 0.3) is 5.91 Å². The maximum Gasteiger partial charge on any atom is 0.253 e. The average molecular weight is 337 g/mol. The Hall–Kier alpha value is -0.850. The lowest BCUT2D eigenvalue weighted by atomic mass is 9.80. The van der Waals surface area contributed by atoms with E-state index in [1.165, 1.54) is 24.7 Å². The highest BCUT2D eigenvalue weighted by atomic mass is 32.2. The number of hydrogen-bond donors (Lipinski definition) is 1. The number of piperidine rings is 1. The molecule has 1 N–H and O–H groups in total. The van der Waals surface area contributed by atoms with Crippen molar-refractivity contribution in [2.45, 2.75) is 57.4 Å². The van der Waals surface area contributed by atoms with Gasteiger partial charge in [0.15, 0.2) is 0 Å². The molecule has 2 aliphatic heterocycles. The lowest BCUT2D eigenvalue weighted by Crippen LogP contribution is -2.50. The van der Waals surface area contributed by atoms with E-state index in [4.69, 9.17) is 4.99 Å². The first-order valence-electron chi connectivity index (χ1n) is 8.77. The SMILES string of the molecule is C=C[S+]([O-])N1CCC2(CC1)N=C([C@H]1CC[C@H](CC)CC1)NC2=O. The highest BCUT2D eigenvalue weighted by Crippen LogP contribution is 2.36. The van der Waals surface area contributed by atoms with Gasteiger partial charge in [0, 0.05) is 19.0 Å². The smallest absolute Gasteiger partial charge is 0.253 e. The van der Waals surface area contributed by atoms with Crippen LogP contribution in [0.5, 0.6) is 0 Å². The van der Waals surface area contributed by atoms with Crippen molar-refractivity contribution in [1.82, 2.24) is 9.62 Å². The van der Waals surface area contributed by atoms with Crippen LogP contribution in [0.1, 0.15) is 51.9 Å². The number of nitrogens with one attached hydrogen (secondary N) is 1. The Morgan fingerprint density at radius 1 is 1.39 bits per heavy atom. The zero-order valence-corrected chi connectivity index (χ0v) is 14.7. The molecule has 0 bridgehead atoms. The Labute approximate surface area is 141 Å². The summed E-state index contributed by atoms with van der Waals surface area (Å²) < 4.78 is 13.7. The molecular formula is C17H27N3O2S. The third-order valence-corrected chi connectivity index (χ3v) is 6.92. The second-order valence-corrected chi connectivity index (χ2v) is 8.38. The van der Waals surface area contributed by atoms with Gasteiger partial charge in [-0.1, -0.05) is 13.3 Å². The number of nitrogens with zero attached hydrogens (tertiary/aromatic N) is 2. The van der Waals surface area contributed by atoms with Gasteiger partial charge in [0.05, 0.1) is 11.4 Å². The molecule has 6 heteroatoms. The fraction of sp³-hybridized carbons (Fsp3) is 0.765. The minimum atomic E-state index is -1.14. The lowest BCUT2D eigenvalue weighted by Gasteiger charge is -2.34. The molecule has 1 atom stereocenters. The van der Waals surface area contributed by atoms with Gasteiger partial charge in [-0.15, -0.1) is 4.31 Å². The first kappa shape index (κ1) is 17.0. The number of carbonyl (C=O) groups excluding carboxylic acids is 1. The van der Waals surface area contributed by atoms with Gasteiger partial charge in [-0.3, -0.25) is 9.79 Å². The van der Waals surface area contributed by atoms with Crippen molar-refractivity contribution >= 4 is 23.1 Å². The molecule has 0 aromatic rings. The molecule has 3 rings (SSSR count). The summed E-state index contributed by atoms with van der Waals surface area (Å²) >= 11 is -1.14. The van der Waals surface area contributed by atoms with Crippen molar-refractivity contribution in [3.8, 4) is 0 Å². The molecule has 1 aliphatic carbocycles. The Balaban J connectivity index is 1.64. The van der Waals surface area contributed by atoms with Crippen LogP contribution < -0.4 is 5.32 Å². The molecule has 3 aliphatic rings. The first-order chi connectivity index (χ1) is 11.1. The van der Waals surface area contributed by atoms with Gasteiger partial charge in [0.1, 0.15) is 16.8 Å². The molecular weight excluding hydrogens is 310 g/mol. The number of rotatable bonds is 4. The third-order valence-electron chi connectivity index (χ3n) is 5.76. The topological polar surface area (TPSA) is 67.8 Å². The molecule has 128 valence electrons. The fourth-order valence-electron chi connectivity index (χ4n) is 4.06. The molecule has 5 nitrogen and oxygen atoms in total. The maximum atomic E-state index is 12.5. The molecule has 2 fully saturated rings. The zero-order chi connectivity index (χ0) is 16.4. The number of carbonyl (C=O) groups is 1. The molecule has 1 saturated heterocycles. The zero-order valence-electron chi connectivity index (χ0n) is 13.9. The van der Waals surface area contributed by atoms with Gasteiger partial charge in [-0.25, -0.2) is 0 Å². The van der Waals surface area contributed by atoms with Gasteiger partial charge in [-0.2, -0.15) is 0 Å². The summed E-state index contributed by atoms with van der Waals surface area (Å²) in [4.78, 5) is 17.4. The quantitative estimate of drug-likeness (QED) is 0.801. The van der Waals surface area contributed by atoms with Gasteiger partial charge in [-0.05, 0) is 51.0 Å². The standard InChI is InChI=1S/C17H27N3O2S/c1-3-13-5-7-14(8-6-13)15-18-16(21)17(19-15)9-11-20(12-10-17)23(22)4-2/h4,13-14H,2-3,5-12H2,1H3,(H,18,19,21)/t13-,14-,23?. The van der Waals surface area contributed by atoms with Crippen LogP contribution in [-0.2, 0) is 16.2 Å². The minimum Gasteiger partial charge on any atom is -0.593 e. The van der Waals surface area contributed by atoms with Crippen LogP contribution in [0.25, 0.3) is 0 Å². The maximum absolute atomic E-state index is 12.5. The summed E-state index contributed by atoms with van der Waals surface area (Å²) in [5.74, 6) is 2.23. The first-order valence-corrected chi connectivity index (χ1v) is 9.94. The predicted octanol–water partition coefficient (Wildman–Crippen LogP) is 2.37. The third kappa shape index (κ3) is 3.35. The fourth-order valence-corrected chi connectivity index (χ4v) is 4.81. The molecule has 0 aromatic heterocycles. The van der Waals surface area contributed by atoms with Crippen molar-refractivity contribution in [3.63, 3.8) is 0 Å². The van der Waals surface area contributed by atoms with E-state index in [9.17, 15) is 9.35 Å². The Morgan fingerprint density at radius 3 is 2.61 bits per heavy atom. The number of amides is 1. The Morgan fingerprint density at radius 2 is 2.04 bits per heavy atom. The molecule has 23 heavy (non-hydrogen) atoms.